The molecule has 2 heterocycles. The van der Waals surface area contributed by atoms with Gasteiger partial charge in [-0.15, -0.1) is 12.4 Å². The largest absolute Gasteiger partial charge is 0.491 e. The van der Waals surface area contributed by atoms with Crippen LogP contribution in [-0.2, 0) is 21.3 Å². The molecule has 10 heteroatoms. The Hall–Kier alpha value is -1.81. The fraction of sp³-hybridized carbons (Fsp3) is 0.0833. The molecule has 0 amide bonds. The molecule has 22 heavy (non-hydrogen) atoms. The van der Waals surface area contributed by atoms with Gasteiger partial charge in [-0.1, -0.05) is 6.07 Å². The topological polar surface area (TPSA) is 115 Å². The van der Waals surface area contributed by atoms with Crippen molar-refractivity contribution < 1.29 is 18.1 Å². The lowest BCUT2D eigenvalue weighted by Gasteiger charge is -2.09. The van der Waals surface area contributed by atoms with Gasteiger partial charge in [-0.2, -0.15) is 0 Å². The van der Waals surface area contributed by atoms with E-state index in [9.17, 15) is 13.4 Å². The lowest BCUT2D eigenvalue weighted by atomic mass is 9.79. The molecule has 7 nitrogen and oxygen atoms in total. The maximum Gasteiger partial charge on any atom is 0.491 e. The molecule has 0 spiro atoms. The van der Waals surface area contributed by atoms with Gasteiger partial charge >= 0.3 is 7.12 Å². The van der Waals surface area contributed by atoms with Crippen molar-refractivity contribution in [3.8, 4) is 0 Å². The lowest BCUT2D eigenvalue weighted by Crippen LogP contribution is -2.28. The summed E-state index contributed by atoms with van der Waals surface area (Å²) in [5.41, 5.74) is 7.17. The highest BCUT2D eigenvalue weighted by atomic mass is 35.5. The van der Waals surface area contributed by atoms with Crippen LogP contribution >= 0.6 is 12.4 Å². The Labute approximate surface area is 134 Å². The lowest BCUT2D eigenvalue weighted by molar-refractivity contribution is 0.275. The molecule has 4 N–H and O–H groups in total. The fourth-order valence-corrected chi connectivity index (χ4v) is 3.04. The first kappa shape index (κ1) is 16.6. The molecule has 116 valence electrons. The van der Waals surface area contributed by atoms with Crippen LogP contribution in [0.15, 0.2) is 41.4 Å². The molecule has 1 aromatic carbocycles. The monoisotopic (exact) mass is 341 g/mol. The van der Waals surface area contributed by atoms with E-state index in [1.807, 2.05) is 0 Å². The van der Waals surface area contributed by atoms with Crippen LogP contribution in [0.5, 0.6) is 0 Å². The average Bonchev–Trinajstić information content (AvgIpc) is 2.80. The standard InChI is InChI=1S/C12H12BN3O4S.ClH/c14-12-4-3-10(6-15-12)21(18,19)16-9-2-1-8-7-20-13(17)11(8)5-9;/h1-6,16-17H,7H2,(H2,14,15);1H. The summed E-state index contributed by atoms with van der Waals surface area (Å²) in [4.78, 5) is 3.76. The Bertz CT molecular complexity index is 785. The maximum absolute atomic E-state index is 12.2. The highest BCUT2D eigenvalue weighted by molar-refractivity contribution is 7.92. The van der Waals surface area contributed by atoms with E-state index in [0.29, 0.717) is 17.8 Å². The normalized spacial score (nSPS) is 13.4. The minimum atomic E-state index is -3.76. The Kier molecular flexibility index (Phi) is 4.62. The number of benzene rings is 1. The summed E-state index contributed by atoms with van der Waals surface area (Å²) in [7, 11) is -4.78. The molecule has 0 fully saturated rings. The van der Waals surface area contributed by atoms with Crippen molar-refractivity contribution in [3.63, 3.8) is 0 Å². The van der Waals surface area contributed by atoms with Crippen molar-refractivity contribution >= 4 is 46.5 Å². The molecular weight excluding hydrogens is 328 g/mol. The van der Waals surface area contributed by atoms with E-state index in [1.54, 1.807) is 18.2 Å². The SMILES string of the molecule is Cl.Nc1ccc(S(=O)(=O)Nc2ccc3c(c2)B(O)OC3)cn1. The number of hydrogen-bond donors (Lipinski definition) is 3. The van der Waals surface area contributed by atoms with Gasteiger partial charge in [0.2, 0.25) is 0 Å². The van der Waals surface area contributed by atoms with Gasteiger partial charge in [0, 0.05) is 11.9 Å². The van der Waals surface area contributed by atoms with Gasteiger partial charge in [-0.3, -0.25) is 4.72 Å². The summed E-state index contributed by atoms with van der Waals surface area (Å²) in [6.45, 7) is 0.311. The number of nitrogen functional groups attached to an aromatic ring is 1. The zero-order valence-corrected chi connectivity index (χ0v) is 12.9. The molecule has 0 atom stereocenters. The molecule has 0 saturated carbocycles. The van der Waals surface area contributed by atoms with Gasteiger partial charge in [0.05, 0.1) is 6.61 Å². The van der Waals surface area contributed by atoms with Crippen molar-refractivity contribution in [1.29, 1.82) is 0 Å². The molecule has 3 rings (SSSR count). The first-order valence-corrected chi connectivity index (χ1v) is 7.61. The third-order valence-electron chi connectivity index (χ3n) is 3.13. The quantitative estimate of drug-likeness (QED) is 0.682. The number of pyridine rings is 1. The number of fused-ring (bicyclic) bond motifs is 1. The van der Waals surface area contributed by atoms with Gasteiger partial charge in [0.15, 0.2) is 0 Å². The number of anilines is 2. The van der Waals surface area contributed by atoms with Crippen molar-refractivity contribution in [2.24, 2.45) is 0 Å². The number of rotatable bonds is 3. The van der Waals surface area contributed by atoms with Gasteiger partial charge in [0.25, 0.3) is 10.0 Å². The van der Waals surface area contributed by atoms with Crippen LogP contribution < -0.4 is 15.9 Å². The Morgan fingerprint density at radius 1 is 1.32 bits per heavy atom. The number of aromatic nitrogens is 1. The molecule has 1 aliphatic rings. The minimum absolute atomic E-state index is 0. The van der Waals surface area contributed by atoms with Gasteiger partial charge in [-0.25, -0.2) is 13.4 Å². The van der Waals surface area contributed by atoms with Crippen LogP contribution in [0.3, 0.4) is 0 Å². The van der Waals surface area contributed by atoms with Gasteiger partial charge < -0.3 is 15.4 Å². The maximum atomic E-state index is 12.2. The predicted octanol–water partition coefficient (Wildman–Crippen LogP) is 0.104. The summed E-state index contributed by atoms with van der Waals surface area (Å²) in [6.07, 6.45) is 1.18. The van der Waals surface area contributed by atoms with E-state index in [1.165, 1.54) is 18.3 Å². The summed E-state index contributed by atoms with van der Waals surface area (Å²) >= 11 is 0. The number of sulfonamides is 1. The summed E-state index contributed by atoms with van der Waals surface area (Å²) in [5.74, 6) is 0.242. The molecule has 1 aromatic heterocycles. The second kappa shape index (κ2) is 6.13. The summed E-state index contributed by atoms with van der Waals surface area (Å²) in [6, 6.07) is 7.66. The van der Waals surface area contributed by atoms with Gasteiger partial charge in [-0.05, 0) is 35.3 Å². The van der Waals surface area contributed by atoms with Crippen LogP contribution in [0.2, 0.25) is 0 Å². The predicted molar refractivity (Wildman–Crippen MR) is 85.5 cm³/mol. The van der Waals surface area contributed by atoms with E-state index in [4.69, 9.17) is 10.4 Å². The first-order valence-electron chi connectivity index (χ1n) is 6.12. The second-order valence-corrected chi connectivity index (χ2v) is 6.28. The average molecular weight is 342 g/mol. The first-order chi connectivity index (χ1) is 9.95. The van der Waals surface area contributed by atoms with Gasteiger partial charge in [0.1, 0.15) is 10.7 Å². The van der Waals surface area contributed by atoms with Crippen molar-refractivity contribution in [1.82, 2.24) is 4.98 Å². The smallest absolute Gasteiger partial charge is 0.423 e. The Morgan fingerprint density at radius 3 is 2.77 bits per heavy atom. The molecular formula is C12H13BClN3O4S. The van der Waals surface area contributed by atoms with Crippen molar-refractivity contribution in [2.75, 3.05) is 10.5 Å². The number of hydrogen-bond acceptors (Lipinski definition) is 6. The van der Waals surface area contributed by atoms with E-state index in [0.717, 1.165) is 5.56 Å². The van der Waals surface area contributed by atoms with Crippen molar-refractivity contribution in [2.45, 2.75) is 11.5 Å². The molecule has 2 aromatic rings. The summed E-state index contributed by atoms with van der Waals surface area (Å²) < 4.78 is 31.9. The molecule has 0 saturated heterocycles. The number of nitrogens with zero attached hydrogens (tertiary/aromatic N) is 1. The highest BCUT2D eigenvalue weighted by Crippen LogP contribution is 2.18. The third kappa shape index (κ3) is 3.17. The highest BCUT2D eigenvalue weighted by Gasteiger charge is 2.27. The molecule has 0 radical (unpaired) electrons. The molecule has 0 bridgehead atoms. The van der Waals surface area contributed by atoms with Crippen LogP contribution in [0, 0.1) is 0 Å². The van der Waals surface area contributed by atoms with E-state index >= 15 is 0 Å². The van der Waals surface area contributed by atoms with Crippen LogP contribution in [0.4, 0.5) is 11.5 Å². The second-order valence-electron chi connectivity index (χ2n) is 4.60. The van der Waals surface area contributed by atoms with Crippen LogP contribution in [0.25, 0.3) is 0 Å². The Morgan fingerprint density at radius 2 is 2.09 bits per heavy atom. The summed E-state index contributed by atoms with van der Waals surface area (Å²) in [5, 5.41) is 9.63. The van der Waals surface area contributed by atoms with E-state index < -0.39 is 17.1 Å². The molecule has 1 aliphatic heterocycles. The van der Waals surface area contributed by atoms with Crippen LogP contribution in [-0.4, -0.2) is 25.5 Å². The molecule has 0 aliphatic carbocycles. The Balaban J connectivity index is 0.00000176. The van der Waals surface area contributed by atoms with Crippen LogP contribution in [0.1, 0.15) is 5.56 Å². The molecule has 0 unspecified atom stereocenters. The minimum Gasteiger partial charge on any atom is -0.423 e. The van der Waals surface area contributed by atoms with E-state index in [2.05, 4.69) is 9.71 Å². The number of halogens is 1. The third-order valence-corrected chi connectivity index (χ3v) is 4.50. The zero-order chi connectivity index (χ0) is 15.0. The fourth-order valence-electron chi connectivity index (χ4n) is 2.04. The number of nitrogens with one attached hydrogen (secondary N) is 1. The van der Waals surface area contributed by atoms with E-state index in [-0.39, 0.29) is 23.1 Å². The number of nitrogens with two attached hydrogens (primary N) is 1. The zero-order valence-electron chi connectivity index (χ0n) is 11.3. The van der Waals surface area contributed by atoms with Crippen molar-refractivity contribution in [3.05, 3.63) is 42.1 Å².